The molecular weight excluding hydrogens is 220 g/mol. The maximum atomic E-state index is 11.6. The predicted molar refractivity (Wildman–Crippen MR) is 63.2 cm³/mol. The zero-order chi connectivity index (χ0) is 12.8. The van der Waals surface area contributed by atoms with E-state index < -0.39 is 5.91 Å². The number of carbonyl (C=O) groups excluding carboxylic acids is 2. The van der Waals surface area contributed by atoms with Crippen LogP contribution in [0.25, 0.3) is 0 Å². The van der Waals surface area contributed by atoms with Gasteiger partial charge in [0.25, 0.3) is 0 Å². The van der Waals surface area contributed by atoms with E-state index in [1.165, 1.54) is 12.1 Å². The summed E-state index contributed by atoms with van der Waals surface area (Å²) in [6, 6.07) is 6.20. The lowest BCUT2D eigenvalue weighted by atomic mass is 10.1. The van der Waals surface area contributed by atoms with E-state index in [-0.39, 0.29) is 30.5 Å². The van der Waals surface area contributed by atoms with E-state index in [1.807, 2.05) is 0 Å². The lowest BCUT2D eigenvalue weighted by Crippen LogP contribution is -2.36. The van der Waals surface area contributed by atoms with Crippen molar-refractivity contribution in [3.05, 3.63) is 29.8 Å². The average Bonchev–Trinajstić information content (AvgIpc) is 2.14. The largest absolute Gasteiger partial charge is 0.508 e. The van der Waals surface area contributed by atoms with Crippen LogP contribution in [-0.2, 0) is 16.0 Å². The van der Waals surface area contributed by atoms with Gasteiger partial charge in [-0.25, -0.2) is 0 Å². The predicted octanol–water partition coefficient (Wildman–Crippen LogP) is 0.315. The number of aromatic hydroxyl groups is 1. The van der Waals surface area contributed by atoms with Gasteiger partial charge in [0, 0.05) is 12.5 Å². The summed E-state index contributed by atoms with van der Waals surface area (Å²) >= 11 is 0. The summed E-state index contributed by atoms with van der Waals surface area (Å²) < 4.78 is 0. The van der Waals surface area contributed by atoms with E-state index in [9.17, 15) is 14.7 Å². The molecule has 0 radical (unpaired) electrons. The molecule has 4 N–H and O–H groups in total. The molecular formula is C12H16N2O3. The number of carbonyl (C=O) groups is 2. The van der Waals surface area contributed by atoms with Gasteiger partial charge in [0.15, 0.2) is 0 Å². The van der Waals surface area contributed by atoms with Crippen LogP contribution in [0.4, 0.5) is 0 Å². The highest BCUT2D eigenvalue weighted by atomic mass is 16.3. The normalized spacial score (nSPS) is 11.8. The van der Waals surface area contributed by atoms with Crippen molar-refractivity contribution in [2.24, 2.45) is 5.73 Å². The van der Waals surface area contributed by atoms with E-state index >= 15 is 0 Å². The summed E-state index contributed by atoms with van der Waals surface area (Å²) in [6.07, 6.45) is 0.281. The first-order chi connectivity index (χ1) is 7.97. The molecule has 1 rings (SSSR count). The molecule has 5 nitrogen and oxygen atoms in total. The summed E-state index contributed by atoms with van der Waals surface area (Å²) in [7, 11) is 0. The summed E-state index contributed by atoms with van der Waals surface area (Å²) in [4.78, 5) is 22.2. The van der Waals surface area contributed by atoms with Crippen molar-refractivity contribution in [3.63, 3.8) is 0 Å². The van der Waals surface area contributed by atoms with Crippen molar-refractivity contribution >= 4 is 11.8 Å². The molecule has 1 aromatic carbocycles. The molecule has 0 saturated heterocycles. The van der Waals surface area contributed by atoms with Crippen LogP contribution in [0.3, 0.4) is 0 Å². The monoisotopic (exact) mass is 236 g/mol. The molecule has 0 aliphatic carbocycles. The van der Waals surface area contributed by atoms with Crippen molar-refractivity contribution in [3.8, 4) is 5.75 Å². The number of nitrogens with two attached hydrogens (primary N) is 1. The average molecular weight is 236 g/mol. The first-order valence-corrected chi connectivity index (χ1v) is 5.33. The molecule has 5 heteroatoms. The van der Waals surface area contributed by atoms with Crippen molar-refractivity contribution in [2.45, 2.75) is 25.8 Å². The van der Waals surface area contributed by atoms with E-state index in [4.69, 9.17) is 5.73 Å². The van der Waals surface area contributed by atoms with Gasteiger partial charge < -0.3 is 16.2 Å². The van der Waals surface area contributed by atoms with Gasteiger partial charge in [0.1, 0.15) is 5.75 Å². The molecule has 1 unspecified atom stereocenters. The Bertz CT molecular complexity index is 418. The SMILES string of the molecule is CC(CC(N)=O)NC(=O)Cc1cccc(O)c1. The molecule has 92 valence electrons. The summed E-state index contributed by atoms with van der Waals surface area (Å²) in [5.41, 5.74) is 5.73. The van der Waals surface area contributed by atoms with E-state index in [2.05, 4.69) is 5.32 Å². The number of phenolic OH excluding ortho intramolecular Hbond substituents is 1. The summed E-state index contributed by atoms with van der Waals surface area (Å²) in [5.74, 6) is -0.528. The quantitative estimate of drug-likeness (QED) is 0.687. The molecule has 0 bridgehead atoms. The van der Waals surface area contributed by atoms with Gasteiger partial charge in [-0.3, -0.25) is 9.59 Å². The third-order valence-corrected chi connectivity index (χ3v) is 2.19. The van der Waals surface area contributed by atoms with Crippen LogP contribution in [0.2, 0.25) is 0 Å². The highest BCUT2D eigenvalue weighted by Crippen LogP contribution is 2.11. The molecule has 0 spiro atoms. The van der Waals surface area contributed by atoms with Gasteiger partial charge in [-0.2, -0.15) is 0 Å². The number of hydrogen-bond acceptors (Lipinski definition) is 3. The Balaban J connectivity index is 2.47. The number of amides is 2. The minimum Gasteiger partial charge on any atom is -0.508 e. The molecule has 0 fully saturated rings. The van der Waals surface area contributed by atoms with Gasteiger partial charge in [-0.05, 0) is 24.6 Å². The fourth-order valence-electron chi connectivity index (χ4n) is 1.53. The van der Waals surface area contributed by atoms with Crippen molar-refractivity contribution in [2.75, 3.05) is 0 Å². The summed E-state index contributed by atoms with van der Waals surface area (Å²) in [6.45, 7) is 1.71. The third kappa shape index (κ3) is 5.01. The summed E-state index contributed by atoms with van der Waals surface area (Å²) in [5, 5.41) is 11.9. The van der Waals surface area contributed by atoms with Crippen LogP contribution < -0.4 is 11.1 Å². The Kier molecular flexibility index (Phi) is 4.51. The number of nitrogens with one attached hydrogen (secondary N) is 1. The van der Waals surface area contributed by atoms with Crippen molar-refractivity contribution in [1.82, 2.24) is 5.32 Å². The maximum Gasteiger partial charge on any atom is 0.224 e. The highest BCUT2D eigenvalue weighted by molar-refractivity contribution is 5.80. The number of phenols is 1. The first-order valence-electron chi connectivity index (χ1n) is 5.33. The zero-order valence-electron chi connectivity index (χ0n) is 9.64. The Morgan fingerprint density at radius 1 is 1.47 bits per heavy atom. The maximum absolute atomic E-state index is 11.6. The fraction of sp³-hybridized carbons (Fsp3) is 0.333. The van der Waals surface area contributed by atoms with Gasteiger partial charge in [-0.15, -0.1) is 0 Å². The van der Waals surface area contributed by atoms with Crippen LogP contribution in [-0.4, -0.2) is 23.0 Å². The van der Waals surface area contributed by atoms with Gasteiger partial charge in [-0.1, -0.05) is 12.1 Å². The van der Waals surface area contributed by atoms with Crippen LogP contribution in [0.5, 0.6) is 5.75 Å². The van der Waals surface area contributed by atoms with Gasteiger partial charge in [0.2, 0.25) is 11.8 Å². The molecule has 0 aromatic heterocycles. The molecule has 1 atom stereocenters. The first kappa shape index (κ1) is 13.0. The second kappa shape index (κ2) is 5.89. The zero-order valence-corrected chi connectivity index (χ0v) is 9.64. The van der Waals surface area contributed by atoms with E-state index in [0.29, 0.717) is 5.56 Å². The molecule has 2 amide bonds. The minimum atomic E-state index is -0.449. The fourth-order valence-corrected chi connectivity index (χ4v) is 1.53. The number of benzene rings is 1. The molecule has 0 saturated carbocycles. The number of hydrogen-bond donors (Lipinski definition) is 3. The Morgan fingerprint density at radius 3 is 2.76 bits per heavy atom. The van der Waals surface area contributed by atoms with Crippen LogP contribution in [0, 0.1) is 0 Å². The van der Waals surface area contributed by atoms with Crippen LogP contribution in [0.1, 0.15) is 18.9 Å². The van der Waals surface area contributed by atoms with Gasteiger partial charge in [0.05, 0.1) is 6.42 Å². The lowest BCUT2D eigenvalue weighted by molar-refractivity contribution is -0.121. The molecule has 0 aliphatic heterocycles. The van der Waals surface area contributed by atoms with Crippen molar-refractivity contribution in [1.29, 1.82) is 0 Å². The number of rotatable bonds is 5. The second-order valence-corrected chi connectivity index (χ2v) is 3.99. The second-order valence-electron chi connectivity index (χ2n) is 3.99. The topological polar surface area (TPSA) is 92.4 Å². The third-order valence-electron chi connectivity index (χ3n) is 2.19. The van der Waals surface area contributed by atoms with Crippen LogP contribution >= 0.6 is 0 Å². The smallest absolute Gasteiger partial charge is 0.224 e. The lowest BCUT2D eigenvalue weighted by Gasteiger charge is -2.11. The molecule has 1 aromatic rings. The van der Waals surface area contributed by atoms with Crippen LogP contribution in [0.15, 0.2) is 24.3 Å². The standard InChI is InChI=1S/C12H16N2O3/c1-8(5-11(13)16)14-12(17)7-9-3-2-4-10(15)6-9/h2-4,6,8,15H,5,7H2,1H3,(H2,13,16)(H,14,17). The van der Waals surface area contributed by atoms with Crippen molar-refractivity contribution < 1.29 is 14.7 Å². The van der Waals surface area contributed by atoms with E-state index in [1.54, 1.807) is 19.1 Å². The Hall–Kier alpha value is -2.04. The Morgan fingerprint density at radius 2 is 2.18 bits per heavy atom. The Labute approximate surface area is 99.6 Å². The molecule has 0 heterocycles. The molecule has 0 aliphatic rings. The highest BCUT2D eigenvalue weighted by Gasteiger charge is 2.10. The van der Waals surface area contributed by atoms with E-state index in [0.717, 1.165) is 0 Å². The minimum absolute atomic E-state index is 0.117. The van der Waals surface area contributed by atoms with Gasteiger partial charge >= 0.3 is 0 Å². The molecule has 17 heavy (non-hydrogen) atoms. The number of primary amides is 1.